The molecule has 5 nitrogen and oxygen atoms in total. The summed E-state index contributed by atoms with van der Waals surface area (Å²) < 4.78 is 13.5. The highest BCUT2D eigenvalue weighted by molar-refractivity contribution is 6.39. The topological polar surface area (TPSA) is 62.3 Å². The van der Waals surface area contributed by atoms with Crippen LogP contribution in [0.3, 0.4) is 0 Å². The molecule has 1 aromatic carbocycles. The van der Waals surface area contributed by atoms with Crippen LogP contribution in [0.2, 0.25) is 0 Å². The molecule has 0 spiro atoms. The van der Waals surface area contributed by atoms with Gasteiger partial charge in [0.15, 0.2) is 0 Å². The second-order valence-electron chi connectivity index (χ2n) is 6.27. The van der Waals surface area contributed by atoms with Crippen LogP contribution in [0.15, 0.2) is 42.7 Å². The number of nitrogens with zero attached hydrogens (tertiary/aromatic N) is 2. The molecular weight excluding hydrogens is 321 g/mol. The third-order valence-electron chi connectivity index (χ3n) is 4.32. The summed E-state index contributed by atoms with van der Waals surface area (Å²) in [6, 6.07) is 7.69. The van der Waals surface area contributed by atoms with Crippen molar-refractivity contribution in [3.8, 4) is 0 Å². The van der Waals surface area contributed by atoms with Crippen LogP contribution in [0.5, 0.6) is 0 Å². The van der Waals surface area contributed by atoms with Crippen LogP contribution in [0.1, 0.15) is 36.4 Å². The first-order chi connectivity index (χ1) is 12.0. The minimum atomic E-state index is -0.698. The third-order valence-corrected chi connectivity index (χ3v) is 4.32. The number of nitrogens with one attached hydrogen (secondary N) is 1. The van der Waals surface area contributed by atoms with E-state index in [1.54, 1.807) is 24.4 Å². The van der Waals surface area contributed by atoms with Crippen molar-refractivity contribution in [2.24, 2.45) is 0 Å². The van der Waals surface area contributed by atoms with Gasteiger partial charge in [0.2, 0.25) is 0 Å². The molecule has 1 N–H and O–H groups in total. The number of hydrogen-bond acceptors (Lipinski definition) is 3. The van der Waals surface area contributed by atoms with Crippen molar-refractivity contribution >= 4 is 17.5 Å². The van der Waals surface area contributed by atoms with Gasteiger partial charge in [0.1, 0.15) is 5.82 Å². The summed E-state index contributed by atoms with van der Waals surface area (Å²) in [7, 11) is 0. The molecule has 2 amide bonds. The lowest BCUT2D eigenvalue weighted by Crippen LogP contribution is -2.44. The predicted molar refractivity (Wildman–Crippen MR) is 92.3 cm³/mol. The number of pyridine rings is 1. The quantitative estimate of drug-likeness (QED) is 0.853. The average Bonchev–Trinajstić information content (AvgIpc) is 2.61. The van der Waals surface area contributed by atoms with Crippen molar-refractivity contribution < 1.29 is 14.0 Å². The van der Waals surface area contributed by atoms with Crippen LogP contribution in [-0.4, -0.2) is 28.2 Å². The molecule has 0 radical (unpaired) electrons. The number of likely N-dealkylation sites (tertiary alicyclic amines) is 1. The molecule has 0 bridgehead atoms. The minimum Gasteiger partial charge on any atom is -0.327 e. The number of rotatable bonds is 2. The molecule has 25 heavy (non-hydrogen) atoms. The molecule has 2 aromatic rings. The van der Waals surface area contributed by atoms with Gasteiger partial charge in [0.05, 0.1) is 17.9 Å². The SMILES string of the molecule is Cc1cncc(NC(=O)C(=O)N2CCCC[C@H]2c2cccc(F)c2)c1. The highest BCUT2D eigenvalue weighted by Crippen LogP contribution is 2.31. The van der Waals surface area contributed by atoms with Gasteiger partial charge < -0.3 is 10.2 Å². The molecule has 3 rings (SSSR count). The largest absolute Gasteiger partial charge is 0.327 e. The second kappa shape index (κ2) is 7.42. The standard InChI is InChI=1S/C19H20FN3O2/c1-13-9-16(12-21-11-13)22-18(24)19(25)23-8-3-2-7-17(23)14-5-4-6-15(20)10-14/h4-6,9-12,17H,2-3,7-8H2,1H3,(H,22,24)/t17-/m0/s1. The maximum absolute atomic E-state index is 13.5. The maximum Gasteiger partial charge on any atom is 0.313 e. The molecule has 1 fully saturated rings. The number of amides is 2. The van der Waals surface area contributed by atoms with E-state index in [4.69, 9.17) is 0 Å². The summed E-state index contributed by atoms with van der Waals surface area (Å²) in [4.78, 5) is 30.6. The van der Waals surface area contributed by atoms with Gasteiger partial charge in [-0.15, -0.1) is 0 Å². The summed E-state index contributed by atoms with van der Waals surface area (Å²) in [6.07, 6.45) is 5.65. The van der Waals surface area contributed by atoms with Crippen molar-refractivity contribution in [1.82, 2.24) is 9.88 Å². The molecule has 0 aliphatic carbocycles. The fourth-order valence-electron chi connectivity index (χ4n) is 3.17. The van der Waals surface area contributed by atoms with Gasteiger partial charge in [-0.05, 0) is 55.5 Å². The first-order valence-corrected chi connectivity index (χ1v) is 8.33. The second-order valence-corrected chi connectivity index (χ2v) is 6.27. The summed E-state index contributed by atoms with van der Waals surface area (Å²) in [6.45, 7) is 2.34. The van der Waals surface area contributed by atoms with Gasteiger partial charge in [-0.3, -0.25) is 14.6 Å². The van der Waals surface area contributed by atoms with E-state index in [1.807, 2.05) is 6.92 Å². The summed E-state index contributed by atoms with van der Waals surface area (Å²) in [5.74, 6) is -1.64. The van der Waals surface area contributed by atoms with E-state index in [2.05, 4.69) is 10.3 Å². The lowest BCUT2D eigenvalue weighted by molar-refractivity contribution is -0.145. The summed E-state index contributed by atoms with van der Waals surface area (Å²) in [5.41, 5.74) is 2.09. The van der Waals surface area contributed by atoms with E-state index in [1.165, 1.54) is 23.2 Å². The molecule has 130 valence electrons. The monoisotopic (exact) mass is 341 g/mol. The smallest absolute Gasteiger partial charge is 0.313 e. The Labute approximate surface area is 145 Å². The summed E-state index contributed by atoms with van der Waals surface area (Å²) >= 11 is 0. The van der Waals surface area contributed by atoms with Crippen molar-refractivity contribution in [1.29, 1.82) is 0 Å². The zero-order chi connectivity index (χ0) is 17.8. The van der Waals surface area contributed by atoms with E-state index in [0.29, 0.717) is 18.7 Å². The van der Waals surface area contributed by atoms with Crippen LogP contribution in [0.25, 0.3) is 0 Å². The molecule has 1 aliphatic heterocycles. The number of piperidine rings is 1. The van der Waals surface area contributed by atoms with Crippen molar-refractivity contribution in [3.05, 3.63) is 59.7 Å². The normalized spacial score (nSPS) is 17.2. The Morgan fingerprint density at radius 1 is 1.24 bits per heavy atom. The molecule has 1 aliphatic rings. The highest BCUT2D eigenvalue weighted by Gasteiger charge is 2.32. The molecule has 0 saturated carbocycles. The van der Waals surface area contributed by atoms with E-state index in [-0.39, 0.29) is 11.9 Å². The molecule has 1 atom stereocenters. The van der Waals surface area contributed by atoms with Gasteiger partial charge in [0, 0.05) is 12.7 Å². The number of halogens is 1. The van der Waals surface area contributed by atoms with Gasteiger partial charge in [-0.1, -0.05) is 12.1 Å². The van der Waals surface area contributed by atoms with E-state index < -0.39 is 11.8 Å². The zero-order valence-electron chi connectivity index (χ0n) is 14.0. The van der Waals surface area contributed by atoms with Crippen molar-refractivity contribution in [2.45, 2.75) is 32.2 Å². The van der Waals surface area contributed by atoms with Gasteiger partial charge in [0.25, 0.3) is 0 Å². The Morgan fingerprint density at radius 2 is 2.08 bits per heavy atom. The number of carbonyl (C=O) groups excluding carboxylic acids is 2. The van der Waals surface area contributed by atoms with Crippen LogP contribution in [0, 0.1) is 12.7 Å². The highest BCUT2D eigenvalue weighted by atomic mass is 19.1. The fraction of sp³-hybridized carbons (Fsp3) is 0.316. The van der Waals surface area contributed by atoms with Crippen molar-refractivity contribution in [2.75, 3.05) is 11.9 Å². The Kier molecular flexibility index (Phi) is 5.07. The lowest BCUT2D eigenvalue weighted by atomic mass is 9.95. The molecule has 2 heterocycles. The number of aromatic nitrogens is 1. The van der Waals surface area contributed by atoms with Crippen LogP contribution in [0.4, 0.5) is 10.1 Å². The number of anilines is 1. The Balaban J connectivity index is 1.77. The minimum absolute atomic E-state index is 0.279. The fourth-order valence-corrected chi connectivity index (χ4v) is 3.17. The Hall–Kier alpha value is -2.76. The third kappa shape index (κ3) is 4.02. The first kappa shape index (κ1) is 17.1. The average molecular weight is 341 g/mol. The first-order valence-electron chi connectivity index (χ1n) is 8.33. The zero-order valence-corrected chi connectivity index (χ0v) is 14.0. The Morgan fingerprint density at radius 3 is 2.84 bits per heavy atom. The van der Waals surface area contributed by atoms with Crippen LogP contribution in [-0.2, 0) is 9.59 Å². The maximum atomic E-state index is 13.5. The van der Waals surface area contributed by atoms with E-state index >= 15 is 0 Å². The van der Waals surface area contributed by atoms with Gasteiger partial charge in [-0.25, -0.2) is 4.39 Å². The van der Waals surface area contributed by atoms with Gasteiger partial charge in [-0.2, -0.15) is 0 Å². The van der Waals surface area contributed by atoms with E-state index in [9.17, 15) is 14.0 Å². The number of carbonyl (C=O) groups is 2. The molecular formula is C19H20FN3O2. The number of benzene rings is 1. The lowest BCUT2D eigenvalue weighted by Gasteiger charge is -2.35. The molecule has 1 aromatic heterocycles. The summed E-state index contributed by atoms with van der Waals surface area (Å²) in [5, 5.41) is 2.60. The number of aryl methyl sites for hydroxylation is 1. The van der Waals surface area contributed by atoms with E-state index in [0.717, 1.165) is 24.0 Å². The Bertz CT molecular complexity index is 794. The molecule has 1 saturated heterocycles. The predicted octanol–water partition coefficient (Wildman–Crippen LogP) is 3.22. The van der Waals surface area contributed by atoms with Crippen LogP contribution < -0.4 is 5.32 Å². The van der Waals surface area contributed by atoms with Gasteiger partial charge >= 0.3 is 11.8 Å². The van der Waals surface area contributed by atoms with Crippen LogP contribution >= 0.6 is 0 Å². The molecule has 6 heteroatoms. The number of hydrogen-bond donors (Lipinski definition) is 1. The molecule has 0 unspecified atom stereocenters. The van der Waals surface area contributed by atoms with Crippen molar-refractivity contribution in [3.63, 3.8) is 0 Å².